The van der Waals surface area contributed by atoms with Gasteiger partial charge in [0, 0.05) is 0 Å². The van der Waals surface area contributed by atoms with E-state index in [2.05, 4.69) is 38.1 Å². The van der Waals surface area contributed by atoms with E-state index in [1.807, 2.05) is 42.5 Å². The van der Waals surface area contributed by atoms with E-state index < -0.39 is 0 Å². The molecule has 0 atom stereocenters. The van der Waals surface area contributed by atoms with E-state index in [1.165, 1.54) is 11.1 Å². The van der Waals surface area contributed by atoms with Gasteiger partial charge in [-0.1, -0.05) is 55.0 Å². The number of aliphatic hydroxyl groups is 1. The molecule has 0 aliphatic heterocycles. The predicted octanol–water partition coefficient (Wildman–Crippen LogP) is 6.22. The van der Waals surface area contributed by atoms with Crippen LogP contribution in [0.3, 0.4) is 0 Å². The van der Waals surface area contributed by atoms with E-state index in [0.717, 1.165) is 35.3 Å². The van der Waals surface area contributed by atoms with E-state index in [9.17, 15) is 5.11 Å². The second-order valence-electron chi connectivity index (χ2n) is 6.30. The monoisotopic (exact) mass is 332 g/mol. The van der Waals surface area contributed by atoms with Crippen molar-refractivity contribution in [2.24, 2.45) is 0 Å². The molecule has 0 amide bonds. The van der Waals surface area contributed by atoms with Crippen molar-refractivity contribution in [3.63, 3.8) is 0 Å². The molecule has 0 heterocycles. The molecule has 2 nitrogen and oxygen atoms in total. The molecule has 1 aliphatic carbocycles. The van der Waals surface area contributed by atoms with Crippen molar-refractivity contribution in [3.8, 4) is 5.75 Å². The van der Waals surface area contributed by atoms with Crippen LogP contribution in [-0.2, 0) is 6.61 Å². The van der Waals surface area contributed by atoms with Gasteiger partial charge in [0.1, 0.15) is 18.1 Å². The Morgan fingerprint density at radius 1 is 1.04 bits per heavy atom. The van der Waals surface area contributed by atoms with Crippen molar-refractivity contribution >= 4 is 5.57 Å². The third kappa shape index (κ3) is 4.21. The number of aliphatic hydroxyl groups excluding tert-OH is 1. The molecule has 0 fully saturated rings. The molecule has 3 rings (SSSR count). The van der Waals surface area contributed by atoms with Crippen LogP contribution in [-0.4, -0.2) is 5.11 Å². The first-order chi connectivity index (χ1) is 12.2. The summed E-state index contributed by atoms with van der Waals surface area (Å²) in [4.78, 5) is 0. The SMILES string of the molecule is CCC(C)=C1CC=C(O)C=C1c1ccc(OCc2ccccc2)cc1. The van der Waals surface area contributed by atoms with Crippen LogP contribution in [0.25, 0.3) is 5.57 Å². The summed E-state index contributed by atoms with van der Waals surface area (Å²) in [5.74, 6) is 1.19. The Balaban J connectivity index is 1.78. The van der Waals surface area contributed by atoms with Gasteiger partial charge in [-0.3, -0.25) is 0 Å². The van der Waals surface area contributed by atoms with Gasteiger partial charge in [-0.15, -0.1) is 0 Å². The number of hydrogen-bond acceptors (Lipinski definition) is 2. The van der Waals surface area contributed by atoms with Crippen LogP contribution in [0.2, 0.25) is 0 Å². The van der Waals surface area contributed by atoms with Crippen molar-refractivity contribution in [3.05, 3.63) is 94.8 Å². The maximum atomic E-state index is 9.92. The minimum absolute atomic E-state index is 0.340. The van der Waals surface area contributed by atoms with Gasteiger partial charge in [0.05, 0.1) is 0 Å². The molecule has 2 aromatic rings. The van der Waals surface area contributed by atoms with Crippen molar-refractivity contribution in [1.82, 2.24) is 0 Å². The van der Waals surface area contributed by atoms with E-state index in [-0.39, 0.29) is 0 Å². The number of ether oxygens (including phenoxy) is 1. The highest BCUT2D eigenvalue weighted by molar-refractivity contribution is 5.83. The van der Waals surface area contributed by atoms with E-state index in [1.54, 1.807) is 0 Å². The lowest BCUT2D eigenvalue weighted by atomic mass is 9.87. The van der Waals surface area contributed by atoms with Crippen molar-refractivity contribution < 1.29 is 9.84 Å². The zero-order chi connectivity index (χ0) is 17.6. The Morgan fingerprint density at radius 2 is 1.76 bits per heavy atom. The van der Waals surface area contributed by atoms with Crippen LogP contribution in [0, 0.1) is 0 Å². The van der Waals surface area contributed by atoms with Crippen LogP contribution in [0.1, 0.15) is 37.8 Å². The lowest BCUT2D eigenvalue weighted by molar-refractivity contribution is 0.306. The van der Waals surface area contributed by atoms with Gasteiger partial charge in [-0.25, -0.2) is 0 Å². The zero-order valence-electron chi connectivity index (χ0n) is 14.8. The first kappa shape index (κ1) is 17.1. The highest BCUT2D eigenvalue weighted by Crippen LogP contribution is 2.34. The molecule has 0 radical (unpaired) electrons. The fraction of sp³-hybridized carbons (Fsp3) is 0.217. The van der Waals surface area contributed by atoms with Gasteiger partial charge in [-0.05, 0) is 66.3 Å². The molecule has 2 aromatic carbocycles. The Morgan fingerprint density at radius 3 is 2.44 bits per heavy atom. The summed E-state index contributed by atoms with van der Waals surface area (Å²) in [6.45, 7) is 4.89. The first-order valence-electron chi connectivity index (χ1n) is 8.74. The highest BCUT2D eigenvalue weighted by Gasteiger charge is 2.15. The summed E-state index contributed by atoms with van der Waals surface area (Å²) < 4.78 is 5.86. The number of benzene rings is 2. The van der Waals surface area contributed by atoms with Crippen LogP contribution >= 0.6 is 0 Å². The molecule has 0 saturated carbocycles. The average molecular weight is 332 g/mol. The van der Waals surface area contributed by atoms with Crippen molar-refractivity contribution in [2.75, 3.05) is 0 Å². The summed E-state index contributed by atoms with van der Waals surface area (Å²) in [7, 11) is 0. The van der Waals surface area contributed by atoms with Gasteiger partial charge < -0.3 is 9.84 Å². The molecule has 128 valence electrons. The standard InChI is InChI=1S/C23H24O2/c1-3-17(2)22-14-11-20(24)15-23(22)19-9-12-21(13-10-19)25-16-18-7-5-4-6-8-18/h4-13,15,24H,3,14,16H2,1-2H3. The largest absolute Gasteiger partial charge is 0.508 e. The predicted molar refractivity (Wildman–Crippen MR) is 104 cm³/mol. The minimum Gasteiger partial charge on any atom is -0.508 e. The van der Waals surface area contributed by atoms with Gasteiger partial charge in [-0.2, -0.15) is 0 Å². The fourth-order valence-corrected chi connectivity index (χ4v) is 2.96. The number of allylic oxidation sites excluding steroid dienone is 5. The molecule has 1 N–H and O–H groups in total. The minimum atomic E-state index is 0.340. The summed E-state index contributed by atoms with van der Waals surface area (Å²) in [5, 5.41) is 9.92. The first-order valence-corrected chi connectivity index (χ1v) is 8.74. The highest BCUT2D eigenvalue weighted by atomic mass is 16.5. The zero-order valence-corrected chi connectivity index (χ0v) is 14.8. The lowest BCUT2D eigenvalue weighted by Crippen LogP contribution is -2.00. The molecular weight excluding hydrogens is 308 g/mol. The molecule has 1 aliphatic rings. The Hall–Kier alpha value is -2.74. The van der Waals surface area contributed by atoms with Gasteiger partial charge >= 0.3 is 0 Å². The maximum Gasteiger partial charge on any atom is 0.119 e. The van der Waals surface area contributed by atoms with Crippen LogP contribution in [0.4, 0.5) is 0 Å². The molecule has 0 saturated heterocycles. The topological polar surface area (TPSA) is 29.5 Å². The summed E-state index contributed by atoms with van der Waals surface area (Å²) in [6, 6.07) is 18.3. The van der Waals surface area contributed by atoms with Crippen molar-refractivity contribution in [2.45, 2.75) is 33.3 Å². The summed E-state index contributed by atoms with van der Waals surface area (Å²) >= 11 is 0. The molecule has 0 bridgehead atoms. The van der Waals surface area contributed by atoms with E-state index in [0.29, 0.717) is 12.4 Å². The Labute approximate surface area is 149 Å². The van der Waals surface area contributed by atoms with E-state index in [4.69, 9.17) is 4.74 Å². The smallest absolute Gasteiger partial charge is 0.119 e. The molecule has 2 heteroatoms. The van der Waals surface area contributed by atoms with Crippen LogP contribution in [0.15, 0.2) is 83.7 Å². The third-order valence-corrected chi connectivity index (χ3v) is 4.59. The van der Waals surface area contributed by atoms with Crippen molar-refractivity contribution in [1.29, 1.82) is 0 Å². The van der Waals surface area contributed by atoms with Crippen LogP contribution in [0.5, 0.6) is 5.75 Å². The second kappa shape index (κ2) is 7.89. The lowest BCUT2D eigenvalue weighted by Gasteiger charge is -2.19. The molecule has 25 heavy (non-hydrogen) atoms. The molecular formula is C23H24O2. The maximum absolute atomic E-state index is 9.92. The average Bonchev–Trinajstić information content (AvgIpc) is 2.67. The van der Waals surface area contributed by atoms with Gasteiger partial charge in [0.25, 0.3) is 0 Å². The second-order valence-corrected chi connectivity index (χ2v) is 6.30. The molecule has 0 unspecified atom stereocenters. The van der Waals surface area contributed by atoms with Crippen LogP contribution < -0.4 is 4.74 Å². The Bertz CT molecular complexity index is 809. The summed E-state index contributed by atoms with van der Waals surface area (Å²) in [5.41, 5.74) is 6.03. The molecule has 0 spiro atoms. The number of rotatable bonds is 5. The fourth-order valence-electron chi connectivity index (χ4n) is 2.96. The quantitative estimate of drug-likeness (QED) is 0.704. The summed E-state index contributed by atoms with van der Waals surface area (Å²) in [6.07, 6.45) is 5.52. The van der Waals surface area contributed by atoms with Gasteiger partial charge in [0.15, 0.2) is 0 Å². The third-order valence-electron chi connectivity index (χ3n) is 4.59. The van der Waals surface area contributed by atoms with E-state index >= 15 is 0 Å². The Kier molecular flexibility index (Phi) is 5.39. The van der Waals surface area contributed by atoms with Gasteiger partial charge in [0.2, 0.25) is 0 Å². The normalized spacial score (nSPS) is 16.1. The molecule has 0 aromatic heterocycles. The number of hydrogen-bond donors (Lipinski definition) is 1.